The third kappa shape index (κ3) is 2.49. The second kappa shape index (κ2) is 5.32. The summed E-state index contributed by atoms with van der Waals surface area (Å²) in [6.07, 6.45) is 13.6. The van der Waals surface area contributed by atoms with E-state index in [1.165, 1.54) is 64.5 Å². The quantitative estimate of drug-likeness (QED) is 0.742. The molecule has 102 valence electrons. The standard InChI is InChI=1S/C16H27NO/c18-15(9-8-14-6-7-14)16(10-2-3-11-16)17-12-4-1-5-13-17/h14H,1-13H2. The van der Waals surface area contributed by atoms with Crippen molar-refractivity contribution in [2.24, 2.45) is 5.92 Å². The minimum Gasteiger partial charge on any atom is -0.298 e. The average Bonchev–Trinajstić information content (AvgIpc) is 3.11. The van der Waals surface area contributed by atoms with E-state index in [9.17, 15) is 4.79 Å². The van der Waals surface area contributed by atoms with Gasteiger partial charge in [0.2, 0.25) is 0 Å². The van der Waals surface area contributed by atoms with Crippen LogP contribution in [0.15, 0.2) is 0 Å². The van der Waals surface area contributed by atoms with Crippen LogP contribution in [-0.2, 0) is 4.79 Å². The van der Waals surface area contributed by atoms with Crippen molar-refractivity contribution in [2.75, 3.05) is 13.1 Å². The van der Waals surface area contributed by atoms with E-state index in [0.29, 0.717) is 5.78 Å². The molecule has 3 rings (SSSR count). The summed E-state index contributed by atoms with van der Waals surface area (Å²) in [5.41, 5.74) is -0.0185. The number of carbonyl (C=O) groups excluding carboxylic acids is 1. The number of Topliss-reactive ketones (excluding diaryl/α,β-unsaturated/α-hetero) is 1. The molecule has 0 amide bonds. The monoisotopic (exact) mass is 249 g/mol. The zero-order valence-electron chi connectivity index (χ0n) is 11.6. The Morgan fingerprint density at radius 1 is 1.00 bits per heavy atom. The lowest BCUT2D eigenvalue weighted by atomic mass is 9.85. The molecule has 0 atom stereocenters. The molecule has 0 spiro atoms. The van der Waals surface area contributed by atoms with E-state index < -0.39 is 0 Å². The molecule has 3 aliphatic rings. The van der Waals surface area contributed by atoms with E-state index >= 15 is 0 Å². The number of hydrogen-bond donors (Lipinski definition) is 0. The summed E-state index contributed by atoms with van der Waals surface area (Å²) in [6.45, 7) is 2.35. The van der Waals surface area contributed by atoms with Gasteiger partial charge in [0.1, 0.15) is 0 Å². The van der Waals surface area contributed by atoms with Crippen LogP contribution in [0.4, 0.5) is 0 Å². The number of nitrogens with zero attached hydrogens (tertiary/aromatic N) is 1. The minimum absolute atomic E-state index is 0.0185. The van der Waals surface area contributed by atoms with Crippen molar-refractivity contribution < 1.29 is 4.79 Å². The van der Waals surface area contributed by atoms with Crippen molar-refractivity contribution >= 4 is 5.78 Å². The van der Waals surface area contributed by atoms with Crippen molar-refractivity contribution in [3.8, 4) is 0 Å². The van der Waals surface area contributed by atoms with E-state index in [0.717, 1.165) is 25.2 Å². The summed E-state index contributed by atoms with van der Waals surface area (Å²) in [5.74, 6) is 1.49. The van der Waals surface area contributed by atoms with E-state index in [-0.39, 0.29) is 5.54 Å². The second-order valence-electron chi connectivity index (χ2n) is 6.69. The molecular weight excluding hydrogens is 222 g/mol. The molecule has 2 aliphatic carbocycles. The number of likely N-dealkylation sites (tertiary alicyclic amines) is 1. The molecule has 1 heterocycles. The summed E-state index contributed by atoms with van der Waals surface area (Å²) < 4.78 is 0. The molecule has 0 radical (unpaired) electrons. The molecule has 1 saturated heterocycles. The van der Waals surface area contributed by atoms with Gasteiger partial charge in [-0.3, -0.25) is 9.69 Å². The molecule has 2 heteroatoms. The van der Waals surface area contributed by atoms with Gasteiger partial charge in [-0.25, -0.2) is 0 Å². The van der Waals surface area contributed by atoms with Gasteiger partial charge in [-0.1, -0.05) is 32.1 Å². The molecule has 0 N–H and O–H groups in total. The van der Waals surface area contributed by atoms with Gasteiger partial charge in [0.05, 0.1) is 5.54 Å². The van der Waals surface area contributed by atoms with Crippen molar-refractivity contribution in [2.45, 2.75) is 76.2 Å². The van der Waals surface area contributed by atoms with Crippen LogP contribution in [0.2, 0.25) is 0 Å². The normalized spacial score (nSPS) is 28.4. The zero-order chi connectivity index (χ0) is 12.4. The fourth-order valence-corrected chi connectivity index (χ4v) is 4.03. The predicted octanol–water partition coefficient (Wildman–Crippen LogP) is 3.54. The molecule has 3 fully saturated rings. The van der Waals surface area contributed by atoms with Gasteiger partial charge < -0.3 is 0 Å². The molecule has 0 aromatic heterocycles. The second-order valence-corrected chi connectivity index (χ2v) is 6.69. The Hall–Kier alpha value is -0.370. The molecule has 0 aromatic rings. The van der Waals surface area contributed by atoms with Crippen molar-refractivity contribution in [1.29, 1.82) is 0 Å². The number of hydrogen-bond acceptors (Lipinski definition) is 2. The SMILES string of the molecule is O=C(CCC1CC1)C1(N2CCCCC2)CCCC1. The lowest BCUT2D eigenvalue weighted by Crippen LogP contribution is -2.54. The molecule has 18 heavy (non-hydrogen) atoms. The molecular formula is C16H27NO. The van der Waals surface area contributed by atoms with Crippen LogP contribution < -0.4 is 0 Å². The van der Waals surface area contributed by atoms with E-state index in [4.69, 9.17) is 0 Å². The minimum atomic E-state index is -0.0185. The number of piperidine rings is 1. The highest BCUT2D eigenvalue weighted by molar-refractivity contribution is 5.88. The highest BCUT2D eigenvalue weighted by Gasteiger charge is 2.45. The van der Waals surface area contributed by atoms with Crippen LogP contribution in [-0.4, -0.2) is 29.3 Å². The van der Waals surface area contributed by atoms with E-state index in [1.807, 2.05) is 0 Å². The van der Waals surface area contributed by atoms with Gasteiger partial charge in [-0.15, -0.1) is 0 Å². The van der Waals surface area contributed by atoms with Gasteiger partial charge in [-0.2, -0.15) is 0 Å². The molecule has 0 unspecified atom stereocenters. The Balaban J connectivity index is 1.66. The first-order valence-electron chi connectivity index (χ1n) is 8.10. The van der Waals surface area contributed by atoms with Crippen LogP contribution >= 0.6 is 0 Å². The number of rotatable bonds is 5. The number of carbonyl (C=O) groups is 1. The maximum atomic E-state index is 12.8. The first-order valence-corrected chi connectivity index (χ1v) is 8.10. The van der Waals surface area contributed by atoms with Gasteiger partial charge in [0.25, 0.3) is 0 Å². The first-order chi connectivity index (χ1) is 8.81. The van der Waals surface area contributed by atoms with Crippen LogP contribution in [0.5, 0.6) is 0 Å². The Labute approximate surface area is 111 Å². The van der Waals surface area contributed by atoms with E-state index in [2.05, 4.69) is 4.90 Å². The molecule has 2 nitrogen and oxygen atoms in total. The van der Waals surface area contributed by atoms with Crippen LogP contribution in [0.1, 0.15) is 70.6 Å². The summed E-state index contributed by atoms with van der Waals surface area (Å²) in [5, 5.41) is 0. The lowest BCUT2D eigenvalue weighted by molar-refractivity contribution is -0.132. The fraction of sp³-hybridized carbons (Fsp3) is 0.938. The van der Waals surface area contributed by atoms with Gasteiger partial charge in [0.15, 0.2) is 5.78 Å². The lowest BCUT2D eigenvalue weighted by Gasteiger charge is -2.42. The fourth-order valence-electron chi connectivity index (χ4n) is 4.03. The smallest absolute Gasteiger partial charge is 0.153 e. The molecule has 1 aliphatic heterocycles. The summed E-state index contributed by atoms with van der Waals surface area (Å²) in [4.78, 5) is 15.3. The van der Waals surface area contributed by atoms with Crippen LogP contribution in [0.3, 0.4) is 0 Å². The van der Waals surface area contributed by atoms with Gasteiger partial charge >= 0.3 is 0 Å². The highest BCUT2D eigenvalue weighted by Crippen LogP contribution is 2.40. The first kappa shape index (κ1) is 12.7. The summed E-state index contributed by atoms with van der Waals surface area (Å²) in [6, 6.07) is 0. The van der Waals surface area contributed by atoms with Gasteiger partial charge in [0, 0.05) is 6.42 Å². The third-order valence-corrected chi connectivity index (χ3v) is 5.39. The zero-order valence-corrected chi connectivity index (χ0v) is 11.6. The molecule has 2 saturated carbocycles. The van der Waals surface area contributed by atoms with Crippen molar-refractivity contribution in [3.63, 3.8) is 0 Å². The van der Waals surface area contributed by atoms with Crippen molar-refractivity contribution in [3.05, 3.63) is 0 Å². The molecule has 0 bridgehead atoms. The average molecular weight is 249 g/mol. The van der Waals surface area contributed by atoms with Crippen LogP contribution in [0.25, 0.3) is 0 Å². The van der Waals surface area contributed by atoms with E-state index in [1.54, 1.807) is 0 Å². The van der Waals surface area contributed by atoms with Gasteiger partial charge in [-0.05, 0) is 51.1 Å². The summed E-state index contributed by atoms with van der Waals surface area (Å²) >= 11 is 0. The van der Waals surface area contributed by atoms with Crippen LogP contribution in [0, 0.1) is 5.92 Å². The Kier molecular flexibility index (Phi) is 3.74. The Morgan fingerprint density at radius 3 is 2.28 bits per heavy atom. The van der Waals surface area contributed by atoms with Crippen molar-refractivity contribution in [1.82, 2.24) is 4.90 Å². The maximum Gasteiger partial charge on any atom is 0.153 e. The topological polar surface area (TPSA) is 20.3 Å². The predicted molar refractivity (Wildman–Crippen MR) is 73.6 cm³/mol. The third-order valence-electron chi connectivity index (χ3n) is 5.39. The maximum absolute atomic E-state index is 12.8. The summed E-state index contributed by atoms with van der Waals surface area (Å²) in [7, 11) is 0. The largest absolute Gasteiger partial charge is 0.298 e. The Bertz CT molecular complexity index is 296. The highest BCUT2D eigenvalue weighted by atomic mass is 16.1. The Morgan fingerprint density at radius 2 is 1.67 bits per heavy atom. The molecule has 0 aromatic carbocycles. The number of ketones is 1.